The lowest BCUT2D eigenvalue weighted by Gasteiger charge is -1.98. The number of aromatic nitrogens is 4. The average molecular weight is 240 g/mol. The van der Waals surface area contributed by atoms with Crippen molar-refractivity contribution in [3.63, 3.8) is 0 Å². The molecule has 2 heterocycles. The molecule has 1 aromatic carbocycles. The standard InChI is InChI=1S/C13H9FN4/c14-11-4-2-10(3-5-11)12-6-9-18(17-12)13-15-7-1-8-16-13/h1-9H. The first-order chi connectivity index (χ1) is 8.83. The van der Waals surface area contributed by atoms with Crippen molar-refractivity contribution in [1.82, 2.24) is 19.7 Å². The van der Waals surface area contributed by atoms with Crippen molar-refractivity contribution in [3.8, 4) is 17.2 Å². The van der Waals surface area contributed by atoms with E-state index in [1.165, 1.54) is 12.1 Å². The largest absolute Gasteiger partial charge is 0.250 e. The molecule has 18 heavy (non-hydrogen) atoms. The van der Waals surface area contributed by atoms with E-state index in [1.807, 2.05) is 6.07 Å². The number of halogens is 1. The first-order valence-electron chi connectivity index (χ1n) is 5.42. The van der Waals surface area contributed by atoms with Gasteiger partial charge in [0.1, 0.15) is 5.82 Å². The van der Waals surface area contributed by atoms with Crippen LogP contribution < -0.4 is 0 Å². The number of nitrogens with zero attached hydrogens (tertiary/aromatic N) is 4. The highest BCUT2D eigenvalue weighted by atomic mass is 19.1. The molecule has 88 valence electrons. The van der Waals surface area contributed by atoms with Gasteiger partial charge in [-0.3, -0.25) is 0 Å². The predicted octanol–water partition coefficient (Wildman–Crippen LogP) is 2.47. The average Bonchev–Trinajstić information content (AvgIpc) is 2.90. The number of hydrogen-bond donors (Lipinski definition) is 0. The Bertz CT molecular complexity index is 646. The van der Waals surface area contributed by atoms with E-state index in [9.17, 15) is 4.39 Å². The molecule has 0 aliphatic heterocycles. The molecular formula is C13H9FN4. The van der Waals surface area contributed by atoms with Gasteiger partial charge in [0.05, 0.1) is 5.69 Å². The van der Waals surface area contributed by atoms with Crippen LogP contribution in [0.25, 0.3) is 17.2 Å². The predicted molar refractivity (Wildman–Crippen MR) is 64.5 cm³/mol. The molecule has 5 heteroatoms. The second-order valence-electron chi connectivity index (χ2n) is 3.70. The Balaban J connectivity index is 1.97. The van der Waals surface area contributed by atoms with Gasteiger partial charge in [-0.1, -0.05) is 0 Å². The fraction of sp³-hybridized carbons (Fsp3) is 0. The molecule has 3 rings (SSSR count). The van der Waals surface area contributed by atoms with Crippen LogP contribution in [0.1, 0.15) is 0 Å². The first kappa shape index (κ1) is 10.6. The molecule has 0 radical (unpaired) electrons. The molecule has 0 atom stereocenters. The van der Waals surface area contributed by atoms with Gasteiger partial charge in [-0.25, -0.2) is 19.0 Å². The molecule has 0 saturated carbocycles. The summed E-state index contributed by atoms with van der Waals surface area (Å²) in [6.45, 7) is 0. The van der Waals surface area contributed by atoms with Crippen LogP contribution in [0.4, 0.5) is 4.39 Å². The van der Waals surface area contributed by atoms with Crippen molar-refractivity contribution in [1.29, 1.82) is 0 Å². The summed E-state index contributed by atoms with van der Waals surface area (Å²) in [6.07, 6.45) is 5.08. The normalized spacial score (nSPS) is 10.5. The Morgan fingerprint density at radius 2 is 1.67 bits per heavy atom. The fourth-order valence-corrected chi connectivity index (χ4v) is 1.62. The summed E-state index contributed by atoms with van der Waals surface area (Å²) in [6, 6.07) is 9.78. The van der Waals surface area contributed by atoms with E-state index in [0.29, 0.717) is 5.95 Å². The Labute approximate surface area is 103 Å². The second kappa shape index (κ2) is 4.37. The van der Waals surface area contributed by atoms with Crippen LogP contribution in [0.2, 0.25) is 0 Å². The van der Waals surface area contributed by atoms with E-state index in [1.54, 1.807) is 41.5 Å². The fourth-order valence-electron chi connectivity index (χ4n) is 1.62. The lowest BCUT2D eigenvalue weighted by molar-refractivity contribution is 0.628. The van der Waals surface area contributed by atoms with Gasteiger partial charge in [0.25, 0.3) is 0 Å². The Morgan fingerprint density at radius 1 is 0.944 bits per heavy atom. The molecule has 0 unspecified atom stereocenters. The van der Waals surface area contributed by atoms with Crippen LogP contribution in [0.5, 0.6) is 0 Å². The quantitative estimate of drug-likeness (QED) is 0.691. The summed E-state index contributed by atoms with van der Waals surface area (Å²) in [4.78, 5) is 8.20. The van der Waals surface area contributed by atoms with Gasteiger partial charge >= 0.3 is 0 Å². The SMILES string of the molecule is Fc1ccc(-c2ccn(-c3ncccn3)n2)cc1. The van der Waals surface area contributed by atoms with Gasteiger partial charge in [0.15, 0.2) is 0 Å². The van der Waals surface area contributed by atoms with Gasteiger partial charge in [-0.2, -0.15) is 5.10 Å². The molecule has 0 aliphatic rings. The van der Waals surface area contributed by atoms with E-state index in [-0.39, 0.29) is 5.82 Å². The van der Waals surface area contributed by atoms with Gasteiger partial charge in [0.2, 0.25) is 5.95 Å². The second-order valence-corrected chi connectivity index (χ2v) is 3.70. The molecule has 0 saturated heterocycles. The van der Waals surface area contributed by atoms with Crippen LogP contribution in [0, 0.1) is 5.82 Å². The molecule has 0 aliphatic carbocycles. The number of hydrogen-bond acceptors (Lipinski definition) is 3. The minimum Gasteiger partial charge on any atom is -0.220 e. The maximum Gasteiger partial charge on any atom is 0.250 e. The molecule has 0 N–H and O–H groups in total. The van der Waals surface area contributed by atoms with Crippen molar-refractivity contribution in [2.75, 3.05) is 0 Å². The molecule has 0 bridgehead atoms. The zero-order chi connectivity index (χ0) is 12.4. The van der Waals surface area contributed by atoms with Gasteiger partial charge in [-0.15, -0.1) is 0 Å². The third kappa shape index (κ3) is 1.98. The minimum absolute atomic E-state index is 0.260. The molecular weight excluding hydrogens is 231 g/mol. The van der Waals surface area contributed by atoms with Crippen molar-refractivity contribution >= 4 is 0 Å². The summed E-state index contributed by atoms with van der Waals surface area (Å²) >= 11 is 0. The lowest BCUT2D eigenvalue weighted by Crippen LogP contribution is -2.00. The molecule has 0 fully saturated rings. The van der Waals surface area contributed by atoms with E-state index in [0.717, 1.165) is 11.3 Å². The third-order valence-electron chi connectivity index (χ3n) is 2.49. The lowest BCUT2D eigenvalue weighted by atomic mass is 10.1. The summed E-state index contributed by atoms with van der Waals surface area (Å²) < 4.78 is 14.4. The summed E-state index contributed by atoms with van der Waals surface area (Å²) in [7, 11) is 0. The smallest absolute Gasteiger partial charge is 0.220 e. The topological polar surface area (TPSA) is 43.6 Å². The molecule has 0 amide bonds. The first-order valence-corrected chi connectivity index (χ1v) is 5.42. The van der Waals surface area contributed by atoms with Crippen LogP contribution in [0.3, 0.4) is 0 Å². The van der Waals surface area contributed by atoms with Crippen LogP contribution in [-0.2, 0) is 0 Å². The van der Waals surface area contributed by atoms with E-state index in [4.69, 9.17) is 0 Å². The highest BCUT2D eigenvalue weighted by molar-refractivity contribution is 5.58. The van der Waals surface area contributed by atoms with Gasteiger partial charge in [0, 0.05) is 24.2 Å². The molecule has 3 aromatic rings. The van der Waals surface area contributed by atoms with Gasteiger partial charge < -0.3 is 0 Å². The van der Waals surface area contributed by atoms with Crippen molar-refractivity contribution in [3.05, 3.63) is 60.8 Å². The summed E-state index contributed by atoms with van der Waals surface area (Å²) in [5, 5.41) is 4.35. The van der Waals surface area contributed by atoms with Crippen molar-refractivity contribution in [2.45, 2.75) is 0 Å². The Kier molecular flexibility index (Phi) is 2.57. The summed E-state index contributed by atoms with van der Waals surface area (Å²) in [5.74, 6) is 0.246. The number of rotatable bonds is 2. The van der Waals surface area contributed by atoms with E-state index < -0.39 is 0 Å². The monoisotopic (exact) mass is 240 g/mol. The van der Waals surface area contributed by atoms with Crippen LogP contribution in [-0.4, -0.2) is 19.7 Å². The number of benzene rings is 1. The maximum atomic E-state index is 12.8. The zero-order valence-corrected chi connectivity index (χ0v) is 9.36. The Hall–Kier alpha value is -2.56. The van der Waals surface area contributed by atoms with Crippen molar-refractivity contribution in [2.24, 2.45) is 0 Å². The van der Waals surface area contributed by atoms with Gasteiger partial charge in [-0.05, 0) is 36.4 Å². The third-order valence-corrected chi connectivity index (χ3v) is 2.49. The summed E-state index contributed by atoms with van der Waals surface area (Å²) in [5.41, 5.74) is 1.61. The molecule has 2 aromatic heterocycles. The van der Waals surface area contributed by atoms with Crippen LogP contribution >= 0.6 is 0 Å². The van der Waals surface area contributed by atoms with E-state index in [2.05, 4.69) is 15.1 Å². The molecule has 4 nitrogen and oxygen atoms in total. The van der Waals surface area contributed by atoms with Crippen molar-refractivity contribution < 1.29 is 4.39 Å². The molecule has 0 spiro atoms. The Morgan fingerprint density at radius 3 is 2.39 bits per heavy atom. The highest BCUT2D eigenvalue weighted by Crippen LogP contribution is 2.17. The van der Waals surface area contributed by atoms with E-state index >= 15 is 0 Å². The maximum absolute atomic E-state index is 12.8. The van der Waals surface area contributed by atoms with Crippen LogP contribution in [0.15, 0.2) is 55.0 Å². The zero-order valence-electron chi connectivity index (χ0n) is 9.36. The minimum atomic E-state index is -0.260. The highest BCUT2D eigenvalue weighted by Gasteiger charge is 2.05.